The van der Waals surface area contributed by atoms with Gasteiger partial charge in [-0.05, 0) is 19.1 Å². The summed E-state index contributed by atoms with van der Waals surface area (Å²) in [7, 11) is -3.57. The molecule has 1 saturated heterocycles. The molecule has 2 aliphatic heterocycles. The molecule has 2 aliphatic rings. The number of carbonyl (C=O) groups excluding carboxylic acids is 1. The number of carbonyl (C=O) groups is 1. The first-order valence-electron chi connectivity index (χ1n) is 6.53. The quantitative estimate of drug-likeness (QED) is 0.606. The molecular weight excluding hydrogens is 276 g/mol. The van der Waals surface area contributed by atoms with Crippen molar-refractivity contribution >= 4 is 15.9 Å². The molecule has 3 rings (SSSR count). The predicted molar refractivity (Wildman–Crippen MR) is 74.3 cm³/mol. The van der Waals surface area contributed by atoms with Crippen LogP contribution < -0.4 is 0 Å². The molecule has 2 heterocycles. The molecule has 0 bridgehead atoms. The molecule has 0 spiro atoms. The second-order valence-electron chi connectivity index (χ2n) is 5.09. The highest BCUT2D eigenvalue weighted by Crippen LogP contribution is 2.29. The van der Waals surface area contributed by atoms with E-state index >= 15 is 0 Å². The molecule has 20 heavy (non-hydrogen) atoms. The van der Waals surface area contributed by atoms with Gasteiger partial charge >= 0.3 is 0 Å². The van der Waals surface area contributed by atoms with E-state index in [1.807, 2.05) is 13.0 Å². The Morgan fingerprint density at radius 1 is 1.10 bits per heavy atom. The van der Waals surface area contributed by atoms with Crippen LogP contribution in [0.25, 0.3) is 0 Å². The Morgan fingerprint density at radius 3 is 2.40 bits per heavy atom. The van der Waals surface area contributed by atoms with Gasteiger partial charge in [0.2, 0.25) is 15.9 Å². The number of β-lactam (4-membered cyclic amide) rings is 1. The van der Waals surface area contributed by atoms with Gasteiger partial charge in [0, 0.05) is 13.1 Å². The second kappa shape index (κ2) is 4.71. The molecule has 0 N–H and O–H groups in total. The topological polar surface area (TPSA) is 57.7 Å². The van der Waals surface area contributed by atoms with E-state index in [4.69, 9.17) is 0 Å². The zero-order chi connectivity index (χ0) is 14.3. The van der Waals surface area contributed by atoms with Gasteiger partial charge in [-0.25, -0.2) is 8.42 Å². The maximum Gasteiger partial charge on any atom is 0.245 e. The lowest BCUT2D eigenvalue weighted by Crippen LogP contribution is -2.61. The summed E-state index contributed by atoms with van der Waals surface area (Å²) in [5, 5.41) is 0. The number of rotatable bonds is 2. The van der Waals surface area contributed by atoms with Crippen LogP contribution in [0.15, 0.2) is 41.3 Å². The summed E-state index contributed by atoms with van der Waals surface area (Å²) in [5.41, 5.74) is 1.01. The Balaban J connectivity index is 1.96. The highest BCUT2D eigenvalue weighted by Gasteiger charge is 2.45. The largest absolute Gasteiger partial charge is 0.322 e. The first-order chi connectivity index (χ1) is 9.50. The molecule has 5 nitrogen and oxygen atoms in total. The summed E-state index contributed by atoms with van der Waals surface area (Å²) in [6, 6.07) is 6.79. The molecule has 1 amide bonds. The maximum absolute atomic E-state index is 12.7. The van der Waals surface area contributed by atoms with E-state index in [0.29, 0.717) is 13.1 Å². The van der Waals surface area contributed by atoms with Crippen molar-refractivity contribution in [1.82, 2.24) is 9.21 Å². The summed E-state index contributed by atoms with van der Waals surface area (Å²) in [5.74, 6) is 0.00524. The van der Waals surface area contributed by atoms with E-state index in [1.54, 1.807) is 35.2 Å². The lowest BCUT2D eigenvalue weighted by molar-refractivity contribution is -0.150. The van der Waals surface area contributed by atoms with Crippen LogP contribution in [-0.4, -0.2) is 42.8 Å². The summed E-state index contributed by atoms with van der Waals surface area (Å²) in [4.78, 5) is 13.4. The Morgan fingerprint density at radius 2 is 1.75 bits per heavy atom. The molecule has 0 radical (unpaired) electrons. The van der Waals surface area contributed by atoms with Crippen molar-refractivity contribution < 1.29 is 13.2 Å². The predicted octanol–water partition coefficient (Wildman–Crippen LogP) is 1.11. The van der Waals surface area contributed by atoms with Gasteiger partial charge in [-0.1, -0.05) is 29.8 Å². The smallest absolute Gasteiger partial charge is 0.245 e. The lowest BCUT2D eigenvalue weighted by atomic mass is 10.1. The first-order valence-corrected chi connectivity index (χ1v) is 7.97. The Bertz CT molecular complexity index is 664. The molecular formula is C14H16N2O3S. The Hall–Kier alpha value is -1.66. The molecule has 0 aromatic heterocycles. The summed E-state index contributed by atoms with van der Waals surface area (Å²) in [6.07, 6.45) is 3.57. The number of amides is 1. The molecule has 0 aliphatic carbocycles. The van der Waals surface area contributed by atoms with Crippen LogP contribution in [0.4, 0.5) is 0 Å². The van der Waals surface area contributed by atoms with Gasteiger partial charge in [-0.2, -0.15) is 4.31 Å². The molecule has 106 valence electrons. The minimum Gasteiger partial charge on any atom is -0.322 e. The van der Waals surface area contributed by atoms with Crippen molar-refractivity contribution in [2.24, 2.45) is 0 Å². The molecule has 1 fully saturated rings. The van der Waals surface area contributed by atoms with Crippen LogP contribution in [-0.2, 0) is 14.8 Å². The number of benzene rings is 1. The monoisotopic (exact) mass is 292 g/mol. The van der Waals surface area contributed by atoms with E-state index < -0.39 is 10.0 Å². The van der Waals surface area contributed by atoms with Crippen LogP contribution in [0.5, 0.6) is 0 Å². The fourth-order valence-corrected chi connectivity index (χ4v) is 4.05. The average Bonchev–Trinajstić information content (AvgIpc) is 2.58. The van der Waals surface area contributed by atoms with E-state index in [9.17, 15) is 13.2 Å². The lowest BCUT2D eigenvalue weighted by Gasteiger charge is -2.44. The van der Waals surface area contributed by atoms with Crippen LogP contribution in [0, 0.1) is 6.92 Å². The van der Waals surface area contributed by atoms with Crippen LogP contribution in [0.2, 0.25) is 0 Å². The summed E-state index contributed by atoms with van der Waals surface area (Å²) >= 11 is 0. The zero-order valence-electron chi connectivity index (χ0n) is 11.2. The van der Waals surface area contributed by atoms with Gasteiger partial charge in [0.05, 0.1) is 11.3 Å². The molecule has 0 saturated carbocycles. The molecule has 1 unspecified atom stereocenters. The summed E-state index contributed by atoms with van der Waals surface area (Å²) < 4.78 is 26.8. The third kappa shape index (κ3) is 2.05. The van der Waals surface area contributed by atoms with Gasteiger partial charge in [-0.3, -0.25) is 4.79 Å². The average molecular weight is 292 g/mol. The number of hydrogen-bond acceptors (Lipinski definition) is 3. The van der Waals surface area contributed by atoms with Crippen LogP contribution in [0.3, 0.4) is 0 Å². The normalized spacial score (nSPS) is 23.1. The summed E-state index contributed by atoms with van der Waals surface area (Å²) in [6.45, 7) is 2.71. The number of fused-ring (bicyclic) bond motifs is 1. The van der Waals surface area contributed by atoms with Crippen molar-refractivity contribution in [3.05, 3.63) is 42.0 Å². The fraction of sp³-hybridized carbons (Fsp3) is 0.357. The number of hydrogen-bond donors (Lipinski definition) is 0. The highest BCUT2D eigenvalue weighted by molar-refractivity contribution is 7.89. The fourth-order valence-electron chi connectivity index (χ4n) is 2.51. The van der Waals surface area contributed by atoms with Gasteiger partial charge in [0.25, 0.3) is 0 Å². The number of nitrogens with zero attached hydrogens (tertiary/aromatic N) is 2. The third-order valence-corrected chi connectivity index (χ3v) is 5.63. The van der Waals surface area contributed by atoms with E-state index in [2.05, 4.69) is 0 Å². The maximum atomic E-state index is 12.7. The van der Waals surface area contributed by atoms with Crippen LogP contribution in [0.1, 0.15) is 12.0 Å². The van der Waals surface area contributed by atoms with Gasteiger partial charge < -0.3 is 4.90 Å². The van der Waals surface area contributed by atoms with E-state index in [0.717, 1.165) is 5.56 Å². The zero-order valence-corrected chi connectivity index (χ0v) is 12.0. The van der Waals surface area contributed by atoms with E-state index in [1.165, 1.54) is 4.31 Å². The van der Waals surface area contributed by atoms with Crippen molar-refractivity contribution in [2.45, 2.75) is 24.4 Å². The van der Waals surface area contributed by atoms with Crippen LogP contribution >= 0.6 is 0 Å². The van der Waals surface area contributed by atoms with E-state index in [-0.39, 0.29) is 23.4 Å². The number of aryl methyl sites for hydroxylation is 1. The third-order valence-electron chi connectivity index (χ3n) is 3.75. The second-order valence-corrected chi connectivity index (χ2v) is 6.98. The first kappa shape index (κ1) is 13.3. The van der Waals surface area contributed by atoms with Gasteiger partial charge in [-0.15, -0.1) is 0 Å². The van der Waals surface area contributed by atoms with Gasteiger partial charge in [0.1, 0.15) is 6.17 Å². The SMILES string of the molecule is Cc1ccc(S(=O)(=O)N2CC=CCN3C(=O)CC32)cc1. The standard InChI is InChI=1S/C14H16N2O3S/c1-11-4-6-12(7-5-11)20(18,19)16-9-3-2-8-15-13(16)10-14(15)17/h2-7,13H,8-10H2,1H3. The minimum absolute atomic E-state index is 0.00524. The Labute approximate surface area is 118 Å². The van der Waals surface area contributed by atoms with Crippen molar-refractivity contribution in [1.29, 1.82) is 0 Å². The molecule has 1 aromatic carbocycles. The molecule has 1 aromatic rings. The highest BCUT2D eigenvalue weighted by atomic mass is 32.2. The molecule has 1 atom stereocenters. The molecule has 6 heteroatoms. The number of sulfonamides is 1. The Kier molecular flexibility index (Phi) is 3.14. The minimum atomic E-state index is -3.57. The van der Waals surface area contributed by atoms with Crippen molar-refractivity contribution in [3.8, 4) is 0 Å². The van der Waals surface area contributed by atoms with Crippen molar-refractivity contribution in [2.75, 3.05) is 13.1 Å². The van der Waals surface area contributed by atoms with Gasteiger partial charge in [0.15, 0.2) is 0 Å². The van der Waals surface area contributed by atoms with Crippen molar-refractivity contribution in [3.63, 3.8) is 0 Å².